The molecule has 1 amide bonds. The van der Waals surface area contributed by atoms with Gasteiger partial charge in [0, 0.05) is 13.0 Å². The fourth-order valence-electron chi connectivity index (χ4n) is 1.65. The SMILES string of the molecule is Cc1cccc(N2CCCC(=O)N2)c1. The van der Waals surface area contributed by atoms with Gasteiger partial charge in [-0.1, -0.05) is 12.1 Å². The molecule has 0 unspecified atom stereocenters. The summed E-state index contributed by atoms with van der Waals surface area (Å²) in [6, 6.07) is 8.14. The van der Waals surface area contributed by atoms with Crippen molar-refractivity contribution in [1.29, 1.82) is 0 Å². The molecule has 3 heteroatoms. The number of carbonyl (C=O) groups is 1. The Balaban J connectivity index is 2.17. The van der Waals surface area contributed by atoms with Gasteiger partial charge in [0.05, 0.1) is 5.69 Å². The molecule has 0 saturated carbocycles. The molecule has 1 fully saturated rings. The Morgan fingerprint density at radius 2 is 2.29 bits per heavy atom. The molecule has 0 aliphatic carbocycles. The maximum Gasteiger partial charge on any atom is 0.238 e. The maximum atomic E-state index is 11.2. The topological polar surface area (TPSA) is 32.3 Å². The first kappa shape index (κ1) is 9.06. The third kappa shape index (κ3) is 1.87. The molecule has 0 spiro atoms. The number of hydrazine groups is 1. The van der Waals surface area contributed by atoms with Gasteiger partial charge >= 0.3 is 0 Å². The Labute approximate surface area is 83.7 Å². The largest absolute Gasteiger partial charge is 0.286 e. The van der Waals surface area contributed by atoms with E-state index in [0.717, 1.165) is 18.7 Å². The van der Waals surface area contributed by atoms with Crippen LogP contribution >= 0.6 is 0 Å². The molecule has 0 aromatic heterocycles. The fourth-order valence-corrected chi connectivity index (χ4v) is 1.65. The number of nitrogens with zero attached hydrogens (tertiary/aromatic N) is 1. The van der Waals surface area contributed by atoms with Gasteiger partial charge in [0.15, 0.2) is 0 Å². The van der Waals surface area contributed by atoms with E-state index in [1.807, 2.05) is 17.1 Å². The summed E-state index contributed by atoms with van der Waals surface area (Å²) in [7, 11) is 0. The van der Waals surface area contributed by atoms with E-state index in [0.29, 0.717) is 6.42 Å². The van der Waals surface area contributed by atoms with Crippen molar-refractivity contribution in [3.63, 3.8) is 0 Å². The number of amides is 1. The molecule has 0 bridgehead atoms. The summed E-state index contributed by atoms with van der Waals surface area (Å²) in [5.74, 6) is 0.109. The highest BCUT2D eigenvalue weighted by Crippen LogP contribution is 2.16. The van der Waals surface area contributed by atoms with Gasteiger partial charge in [-0.15, -0.1) is 0 Å². The van der Waals surface area contributed by atoms with Crippen LogP contribution in [0.1, 0.15) is 18.4 Å². The molecule has 1 heterocycles. The highest BCUT2D eigenvalue weighted by atomic mass is 16.2. The van der Waals surface area contributed by atoms with Crippen molar-refractivity contribution in [1.82, 2.24) is 5.43 Å². The van der Waals surface area contributed by atoms with Crippen LogP contribution in [0.3, 0.4) is 0 Å². The smallest absolute Gasteiger partial charge is 0.238 e. The third-order valence-electron chi connectivity index (χ3n) is 2.36. The number of nitrogens with one attached hydrogen (secondary N) is 1. The molecular weight excluding hydrogens is 176 g/mol. The average Bonchev–Trinajstić information content (AvgIpc) is 2.18. The lowest BCUT2D eigenvalue weighted by Gasteiger charge is -2.29. The molecule has 1 aliphatic rings. The predicted molar refractivity (Wildman–Crippen MR) is 55.9 cm³/mol. The van der Waals surface area contributed by atoms with Crippen molar-refractivity contribution >= 4 is 11.6 Å². The Morgan fingerprint density at radius 1 is 1.43 bits per heavy atom. The summed E-state index contributed by atoms with van der Waals surface area (Å²) in [5, 5.41) is 1.92. The van der Waals surface area contributed by atoms with Crippen LogP contribution in [0, 0.1) is 6.92 Å². The molecule has 1 saturated heterocycles. The minimum absolute atomic E-state index is 0.109. The van der Waals surface area contributed by atoms with Gasteiger partial charge in [-0.3, -0.25) is 15.2 Å². The van der Waals surface area contributed by atoms with Crippen molar-refractivity contribution in [2.24, 2.45) is 0 Å². The summed E-state index contributed by atoms with van der Waals surface area (Å²) in [6.07, 6.45) is 1.57. The maximum absolute atomic E-state index is 11.2. The second-order valence-electron chi connectivity index (χ2n) is 3.63. The van der Waals surface area contributed by atoms with Crippen LogP contribution in [0.5, 0.6) is 0 Å². The summed E-state index contributed by atoms with van der Waals surface area (Å²) >= 11 is 0. The minimum atomic E-state index is 0.109. The van der Waals surface area contributed by atoms with Crippen molar-refractivity contribution in [2.75, 3.05) is 11.6 Å². The van der Waals surface area contributed by atoms with Crippen LogP contribution in [-0.4, -0.2) is 12.5 Å². The summed E-state index contributed by atoms with van der Waals surface area (Å²) < 4.78 is 0. The standard InChI is InChI=1S/C11H14N2O/c1-9-4-2-5-10(8-9)13-7-3-6-11(14)12-13/h2,4-5,8H,3,6-7H2,1H3,(H,12,14). The second kappa shape index (κ2) is 3.70. The summed E-state index contributed by atoms with van der Waals surface area (Å²) in [5.41, 5.74) is 5.13. The number of rotatable bonds is 1. The van der Waals surface area contributed by atoms with Crippen molar-refractivity contribution in [2.45, 2.75) is 19.8 Å². The molecule has 0 radical (unpaired) electrons. The van der Waals surface area contributed by atoms with Crippen molar-refractivity contribution in [3.8, 4) is 0 Å². The number of anilines is 1. The summed E-state index contributed by atoms with van der Waals surface area (Å²) in [4.78, 5) is 11.2. The van der Waals surface area contributed by atoms with Gasteiger partial charge in [0.1, 0.15) is 0 Å². The minimum Gasteiger partial charge on any atom is -0.286 e. The zero-order chi connectivity index (χ0) is 9.97. The van der Waals surface area contributed by atoms with Crippen LogP contribution in [0.2, 0.25) is 0 Å². The Hall–Kier alpha value is -1.51. The van der Waals surface area contributed by atoms with E-state index in [9.17, 15) is 4.79 Å². The Bertz CT molecular complexity index is 349. The molecule has 0 atom stereocenters. The zero-order valence-electron chi connectivity index (χ0n) is 8.29. The number of benzene rings is 1. The molecule has 1 aromatic rings. The first-order valence-corrected chi connectivity index (χ1v) is 4.89. The molecule has 1 aromatic carbocycles. The summed E-state index contributed by atoms with van der Waals surface area (Å²) in [6.45, 7) is 2.95. The molecule has 14 heavy (non-hydrogen) atoms. The average molecular weight is 190 g/mol. The van der Waals surface area contributed by atoms with Gasteiger partial charge in [0.25, 0.3) is 0 Å². The van der Waals surface area contributed by atoms with Crippen LogP contribution in [0.15, 0.2) is 24.3 Å². The van der Waals surface area contributed by atoms with Crippen LogP contribution < -0.4 is 10.4 Å². The van der Waals surface area contributed by atoms with Crippen molar-refractivity contribution in [3.05, 3.63) is 29.8 Å². The highest BCUT2D eigenvalue weighted by molar-refractivity contribution is 5.79. The predicted octanol–water partition coefficient (Wildman–Crippen LogP) is 1.63. The van der Waals surface area contributed by atoms with E-state index >= 15 is 0 Å². The van der Waals surface area contributed by atoms with E-state index in [4.69, 9.17) is 0 Å². The van der Waals surface area contributed by atoms with E-state index in [-0.39, 0.29) is 5.91 Å². The quantitative estimate of drug-likeness (QED) is 0.730. The lowest BCUT2D eigenvalue weighted by Crippen LogP contribution is -2.46. The van der Waals surface area contributed by atoms with Crippen molar-refractivity contribution < 1.29 is 4.79 Å². The molecule has 2 rings (SSSR count). The molecule has 3 nitrogen and oxygen atoms in total. The molecular formula is C11H14N2O. The third-order valence-corrected chi connectivity index (χ3v) is 2.36. The van der Waals surface area contributed by atoms with E-state index in [1.54, 1.807) is 0 Å². The van der Waals surface area contributed by atoms with Crippen LogP contribution in [0.25, 0.3) is 0 Å². The first-order chi connectivity index (χ1) is 6.75. The molecule has 74 valence electrons. The number of hydrogen-bond acceptors (Lipinski definition) is 2. The number of carbonyl (C=O) groups excluding carboxylic acids is 1. The molecule has 1 N–H and O–H groups in total. The normalized spacial score (nSPS) is 16.6. The molecule has 1 aliphatic heterocycles. The lowest BCUT2D eigenvalue weighted by molar-refractivity contribution is -0.122. The van der Waals surface area contributed by atoms with Crippen LogP contribution in [0.4, 0.5) is 5.69 Å². The van der Waals surface area contributed by atoms with Crippen LogP contribution in [-0.2, 0) is 4.79 Å². The highest BCUT2D eigenvalue weighted by Gasteiger charge is 2.15. The monoisotopic (exact) mass is 190 g/mol. The van der Waals surface area contributed by atoms with E-state index in [1.165, 1.54) is 5.56 Å². The fraction of sp³-hybridized carbons (Fsp3) is 0.364. The van der Waals surface area contributed by atoms with Gasteiger partial charge in [-0.25, -0.2) is 0 Å². The second-order valence-corrected chi connectivity index (χ2v) is 3.63. The number of aryl methyl sites for hydroxylation is 1. The van der Waals surface area contributed by atoms with Gasteiger partial charge < -0.3 is 0 Å². The zero-order valence-corrected chi connectivity index (χ0v) is 8.29. The number of hydrogen-bond donors (Lipinski definition) is 1. The van der Waals surface area contributed by atoms with E-state index in [2.05, 4.69) is 24.5 Å². The van der Waals surface area contributed by atoms with Gasteiger partial charge in [0.2, 0.25) is 5.91 Å². The Morgan fingerprint density at radius 3 is 3.00 bits per heavy atom. The Kier molecular flexibility index (Phi) is 2.39. The van der Waals surface area contributed by atoms with Gasteiger partial charge in [-0.2, -0.15) is 0 Å². The lowest BCUT2D eigenvalue weighted by atomic mass is 10.2. The van der Waals surface area contributed by atoms with E-state index < -0.39 is 0 Å². The van der Waals surface area contributed by atoms with Gasteiger partial charge in [-0.05, 0) is 31.0 Å². The first-order valence-electron chi connectivity index (χ1n) is 4.89.